The zero-order valence-electron chi connectivity index (χ0n) is 11.6. The number of benzene rings is 2. The molecule has 0 saturated carbocycles. The summed E-state index contributed by atoms with van der Waals surface area (Å²) >= 11 is 5.76. The molecule has 0 unspecified atom stereocenters. The Hall–Kier alpha value is -2.39. The predicted octanol–water partition coefficient (Wildman–Crippen LogP) is 3.20. The van der Waals surface area contributed by atoms with Crippen LogP contribution in [0.4, 0.5) is 15.8 Å². The molecular weight excluding hydrogens is 351 g/mol. The van der Waals surface area contributed by atoms with Gasteiger partial charge in [-0.05, 0) is 30.3 Å². The number of ether oxygens (including phenoxy) is 1. The summed E-state index contributed by atoms with van der Waals surface area (Å²) in [5.74, 6) is -0.702. The van der Waals surface area contributed by atoms with Crippen molar-refractivity contribution in [2.75, 3.05) is 11.8 Å². The fourth-order valence-electron chi connectivity index (χ4n) is 1.76. The van der Waals surface area contributed by atoms with E-state index in [2.05, 4.69) is 4.72 Å². The second kappa shape index (κ2) is 6.39. The molecule has 0 heterocycles. The maximum absolute atomic E-state index is 13.0. The average molecular weight is 361 g/mol. The first-order chi connectivity index (χ1) is 10.7. The standard InChI is InChI=1S/C13H10ClFN2O5S/c1-22-13-5-3-9(7-12(13)17(18)19)23(20,21)16-11-4-2-8(15)6-10(11)14/h2-7,16H,1H3. The van der Waals surface area contributed by atoms with Crippen LogP contribution in [0.5, 0.6) is 5.75 Å². The number of anilines is 1. The number of hydrogen-bond acceptors (Lipinski definition) is 5. The zero-order valence-corrected chi connectivity index (χ0v) is 13.2. The van der Waals surface area contributed by atoms with Gasteiger partial charge in [0.2, 0.25) is 0 Å². The van der Waals surface area contributed by atoms with Crippen LogP contribution in [0.1, 0.15) is 0 Å². The van der Waals surface area contributed by atoms with Gasteiger partial charge in [-0.15, -0.1) is 0 Å². The SMILES string of the molecule is COc1ccc(S(=O)(=O)Nc2ccc(F)cc2Cl)cc1[N+](=O)[O-]. The lowest BCUT2D eigenvalue weighted by molar-refractivity contribution is -0.386. The van der Waals surface area contributed by atoms with Crippen molar-refractivity contribution in [1.82, 2.24) is 0 Å². The van der Waals surface area contributed by atoms with Crippen LogP contribution in [0.25, 0.3) is 0 Å². The highest BCUT2D eigenvalue weighted by atomic mass is 35.5. The molecule has 7 nitrogen and oxygen atoms in total. The van der Waals surface area contributed by atoms with Gasteiger partial charge in [-0.2, -0.15) is 0 Å². The maximum Gasteiger partial charge on any atom is 0.312 e. The van der Waals surface area contributed by atoms with Crippen LogP contribution in [-0.2, 0) is 10.0 Å². The number of hydrogen-bond donors (Lipinski definition) is 1. The summed E-state index contributed by atoms with van der Waals surface area (Å²) in [6.07, 6.45) is 0. The van der Waals surface area contributed by atoms with Gasteiger partial charge < -0.3 is 4.74 Å². The van der Waals surface area contributed by atoms with Gasteiger partial charge in [0, 0.05) is 6.07 Å². The summed E-state index contributed by atoms with van der Waals surface area (Å²) in [6, 6.07) is 6.28. The summed E-state index contributed by atoms with van der Waals surface area (Å²) in [4.78, 5) is 9.84. The van der Waals surface area contributed by atoms with Gasteiger partial charge in [0.1, 0.15) is 5.82 Å². The summed E-state index contributed by atoms with van der Waals surface area (Å²) in [6.45, 7) is 0. The Balaban J connectivity index is 2.43. The van der Waals surface area contributed by atoms with E-state index in [1.807, 2.05) is 0 Å². The van der Waals surface area contributed by atoms with E-state index in [1.54, 1.807) is 0 Å². The number of sulfonamides is 1. The number of nitrogens with zero attached hydrogens (tertiary/aromatic N) is 1. The predicted molar refractivity (Wildman–Crippen MR) is 81.9 cm³/mol. The van der Waals surface area contributed by atoms with Crippen molar-refractivity contribution in [2.45, 2.75) is 4.90 Å². The van der Waals surface area contributed by atoms with Gasteiger partial charge in [0.05, 0.1) is 27.6 Å². The number of nitrogens with one attached hydrogen (secondary N) is 1. The summed E-state index contributed by atoms with van der Waals surface area (Å²) in [5.41, 5.74) is -0.549. The number of nitro benzene ring substituents is 1. The lowest BCUT2D eigenvalue weighted by Crippen LogP contribution is -2.13. The molecule has 2 aromatic rings. The second-order valence-electron chi connectivity index (χ2n) is 4.32. The van der Waals surface area contributed by atoms with Crippen molar-refractivity contribution < 1.29 is 22.5 Å². The molecule has 0 fully saturated rings. The number of nitro groups is 1. The van der Waals surface area contributed by atoms with Crippen LogP contribution < -0.4 is 9.46 Å². The topological polar surface area (TPSA) is 98.5 Å². The molecule has 0 aliphatic heterocycles. The third-order valence-electron chi connectivity index (χ3n) is 2.83. The van der Waals surface area contributed by atoms with Crippen LogP contribution in [0.15, 0.2) is 41.3 Å². The van der Waals surface area contributed by atoms with Gasteiger partial charge in [-0.1, -0.05) is 11.6 Å². The number of halogens is 2. The molecule has 10 heteroatoms. The first kappa shape index (κ1) is 17.0. The molecule has 0 aliphatic rings. The fourth-order valence-corrected chi connectivity index (χ4v) is 3.13. The van der Waals surface area contributed by atoms with Crippen molar-refractivity contribution in [1.29, 1.82) is 0 Å². The van der Waals surface area contributed by atoms with Crippen LogP contribution in [-0.4, -0.2) is 20.5 Å². The van der Waals surface area contributed by atoms with Crippen molar-refractivity contribution in [3.05, 3.63) is 57.4 Å². The second-order valence-corrected chi connectivity index (χ2v) is 6.41. The van der Waals surface area contributed by atoms with E-state index in [1.165, 1.54) is 13.2 Å². The van der Waals surface area contributed by atoms with Gasteiger partial charge in [0.25, 0.3) is 10.0 Å². The molecule has 2 aromatic carbocycles. The lowest BCUT2D eigenvalue weighted by Gasteiger charge is -2.10. The van der Waals surface area contributed by atoms with E-state index in [9.17, 15) is 22.9 Å². The van der Waals surface area contributed by atoms with E-state index in [4.69, 9.17) is 16.3 Å². The molecule has 0 aliphatic carbocycles. The number of methoxy groups -OCH3 is 1. The van der Waals surface area contributed by atoms with E-state index in [0.717, 1.165) is 30.3 Å². The smallest absolute Gasteiger partial charge is 0.312 e. The Morgan fingerprint density at radius 3 is 2.52 bits per heavy atom. The molecule has 0 saturated heterocycles. The van der Waals surface area contributed by atoms with Crippen LogP contribution in [0.2, 0.25) is 5.02 Å². The minimum absolute atomic E-state index is 0.0495. The molecule has 23 heavy (non-hydrogen) atoms. The molecule has 0 aromatic heterocycles. The molecular formula is C13H10ClFN2O5S. The third kappa shape index (κ3) is 3.69. The van der Waals surface area contributed by atoms with Crippen LogP contribution in [0, 0.1) is 15.9 Å². The Morgan fingerprint density at radius 2 is 1.96 bits per heavy atom. The first-order valence-electron chi connectivity index (χ1n) is 6.05. The van der Waals surface area contributed by atoms with Crippen molar-refractivity contribution in [2.24, 2.45) is 0 Å². The molecule has 0 atom stereocenters. The van der Waals surface area contributed by atoms with Gasteiger partial charge in [0.15, 0.2) is 5.75 Å². The Bertz CT molecular complexity index is 873. The van der Waals surface area contributed by atoms with Crippen molar-refractivity contribution in [3.63, 3.8) is 0 Å². The minimum atomic E-state index is -4.15. The summed E-state index contributed by atoms with van der Waals surface area (Å²) < 4.78 is 44.5. The van der Waals surface area contributed by atoms with E-state index in [-0.39, 0.29) is 21.4 Å². The lowest BCUT2D eigenvalue weighted by atomic mass is 10.3. The van der Waals surface area contributed by atoms with Gasteiger partial charge in [-0.25, -0.2) is 12.8 Å². The molecule has 2 rings (SSSR count). The highest BCUT2D eigenvalue weighted by Gasteiger charge is 2.22. The van der Waals surface area contributed by atoms with Crippen molar-refractivity contribution >= 4 is 33.0 Å². The highest BCUT2D eigenvalue weighted by Crippen LogP contribution is 2.31. The molecule has 0 radical (unpaired) electrons. The largest absolute Gasteiger partial charge is 0.490 e. The van der Waals surface area contributed by atoms with Crippen LogP contribution >= 0.6 is 11.6 Å². The molecule has 0 bridgehead atoms. The normalized spacial score (nSPS) is 11.1. The molecule has 122 valence electrons. The average Bonchev–Trinajstić information content (AvgIpc) is 2.49. The highest BCUT2D eigenvalue weighted by molar-refractivity contribution is 7.92. The van der Waals surface area contributed by atoms with Crippen LogP contribution in [0.3, 0.4) is 0 Å². The molecule has 1 N–H and O–H groups in total. The van der Waals surface area contributed by atoms with E-state index < -0.39 is 26.5 Å². The summed E-state index contributed by atoms with van der Waals surface area (Å²) in [5, 5.41) is 10.8. The monoisotopic (exact) mass is 360 g/mol. The fraction of sp³-hybridized carbons (Fsp3) is 0.0769. The first-order valence-corrected chi connectivity index (χ1v) is 7.91. The molecule has 0 spiro atoms. The molecule has 0 amide bonds. The maximum atomic E-state index is 13.0. The number of rotatable bonds is 5. The van der Waals surface area contributed by atoms with E-state index >= 15 is 0 Å². The summed E-state index contributed by atoms with van der Waals surface area (Å²) in [7, 11) is -2.92. The zero-order chi connectivity index (χ0) is 17.2. The Kier molecular flexibility index (Phi) is 4.71. The van der Waals surface area contributed by atoms with E-state index in [0.29, 0.717) is 0 Å². The van der Waals surface area contributed by atoms with Crippen molar-refractivity contribution in [3.8, 4) is 5.75 Å². The van der Waals surface area contributed by atoms with Gasteiger partial charge >= 0.3 is 5.69 Å². The van der Waals surface area contributed by atoms with Gasteiger partial charge in [-0.3, -0.25) is 14.8 Å². The third-order valence-corrected chi connectivity index (χ3v) is 4.51. The minimum Gasteiger partial charge on any atom is -0.490 e. The Morgan fingerprint density at radius 1 is 1.26 bits per heavy atom. The quantitative estimate of drug-likeness (QED) is 0.652. The Labute approximate surface area is 135 Å².